The second-order valence-corrected chi connectivity index (χ2v) is 7.05. The third kappa shape index (κ3) is 4.45. The fraction of sp³-hybridized carbons (Fsp3) is 0.211. The maximum absolute atomic E-state index is 14.4. The van der Waals surface area contributed by atoms with Gasteiger partial charge in [-0.05, 0) is 35.2 Å². The third-order valence-electron chi connectivity index (χ3n) is 4.00. The predicted octanol–water partition coefficient (Wildman–Crippen LogP) is 5.29. The molecule has 3 aromatic rings. The van der Waals surface area contributed by atoms with Crippen LogP contribution in [0.1, 0.15) is 17.5 Å². The minimum atomic E-state index is -4.74. The Kier molecular flexibility index (Phi) is 5.48. The van der Waals surface area contributed by atoms with Crippen molar-refractivity contribution in [1.29, 1.82) is 0 Å². The van der Waals surface area contributed by atoms with Gasteiger partial charge >= 0.3 is 12.1 Å². The van der Waals surface area contributed by atoms with Crippen molar-refractivity contribution in [3.8, 4) is 10.4 Å². The normalized spacial score (nSPS) is 11.9. The monoisotopic (exact) mass is 397 g/mol. The number of aliphatic carboxylic acids is 1. The average molecular weight is 397 g/mol. The molecule has 0 spiro atoms. The highest BCUT2D eigenvalue weighted by atomic mass is 32.1. The molecular weight excluding hydrogens is 382 g/mol. The van der Waals surface area contributed by atoms with Crippen molar-refractivity contribution < 1.29 is 27.5 Å². The Hall–Kier alpha value is -2.45. The summed E-state index contributed by atoms with van der Waals surface area (Å²) in [6, 6.07) is 10.5. The number of carboxylic acids is 1. The van der Waals surface area contributed by atoms with Gasteiger partial charge in [0.15, 0.2) is 0 Å². The molecule has 8 heteroatoms. The van der Waals surface area contributed by atoms with Crippen LogP contribution in [0.15, 0.2) is 42.5 Å². The van der Waals surface area contributed by atoms with Crippen LogP contribution < -0.4 is 5.32 Å². The Morgan fingerprint density at radius 1 is 1.15 bits per heavy atom. The molecule has 3 nitrogen and oxygen atoms in total. The lowest BCUT2D eigenvalue weighted by molar-refractivity contribution is -0.140. The van der Waals surface area contributed by atoms with Crippen LogP contribution >= 0.6 is 11.3 Å². The maximum Gasteiger partial charge on any atom is 0.419 e. The van der Waals surface area contributed by atoms with Crippen molar-refractivity contribution in [2.24, 2.45) is 0 Å². The summed E-state index contributed by atoms with van der Waals surface area (Å²) in [7, 11) is 0. The lowest BCUT2D eigenvalue weighted by Gasteiger charge is -2.10. The van der Waals surface area contributed by atoms with E-state index in [1.54, 1.807) is 6.07 Å². The second-order valence-electron chi connectivity index (χ2n) is 5.97. The maximum atomic E-state index is 14.4. The van der Waals surface area contributed by atoms with E-state index in [0.717, 1.165) is 21.7 Å². The van der Waals surface area contributed by atoms with E-state index in [2.05, 4.69) is 5.32 Å². The molecular formula is C19H15F4NO2S. The quantitative estimate of drug-likeness (QED) is 0.439. The first-order chi connectivity index (χ1) is 12.8. The lowest BCUT2D eigenvalue weighted by Crippen LogP contribution is -2.17. The first kappa shape index (κ1) is 19.3. The number of rotatable bonds is 6. The summed E-state index contributed by atoms with van der Waals surface area (Å²) in [4.78, 5) is 10.9. The van der Waals surface area contributed by atoms with Crippen LogP contribution in [-0.4, -0.2) is 17.6 Å². The zero-order chi connectivity index (χ0) is 19.6. The van der Waals surface area contributed by atoms with Crippen molar-refractivity contribution >= 4 is 27.4 Å². The van der Waals surface area contributed by atoms with Crippen molar-refractivity contribution in [3.05, 3.63) is 59.4 Å². The van der Waals surface area contributed by atoms with E-state index in [4.69, 9.17) is 5.11 Å². The molecule has 1 aromatic heterocycles. The standard InChI is InChI=1S/C19H15F4NO2S/c20-18-13(2-1-3-14(18)19(21,22)23)16-9-12-8-11(4-5-15(12)27-16)10-24-7-6-17(25)26/h1-5,8-9,24H,6-7,10H2,(H,25,26). The van der Waals surface area contributed by atoms with Gasteiger partial charge in [0, 0.05) is 28.2 Å². The molecule has 1 heterocycles. The van der Waals surface area contributed by atoms with E-state index in [0.29, 0.717) is 18.0 Å². The fourth-order valence-electron chi connectivity index (χ4n) is 2.70. The summed E-state index contributed by atoms with van der Waals surface area (Å²) >= 11 is 1.22. The van der Waals surface area contributed by atoms with Gasteiger partial charge in [0.05, 0.1) is 12.0 Å². The average Bonchev–Trinajstić information content (AvgIpc) is 3.00. The molecule has 0 radical (unpaired) electrons. The zero-order valence-corrected chi connectivity index (χ0v) is 14.8. The van der Waals surface area contributed by atoms with Gasteiger partial charge in [-0.3, -0.25) is 4.79 Å². The molecule has 0 unspecified atom stereocenters. The number of thiophene rings is 1. The molecule has 3 rings (SSSR count). The molecule has 0 fully saturated rings. The number of carbonyl (C=O) groups is 1. The lowest BCUT2D eigenvalue weighted by atomic mass is 10.1. The summed E-state index contributed by atoms with van der Waals surface area (Å²) in [6.07, 6.45) is -4.73. The number of halogens is 4. The predicted molar refractivity (Wildman–Crippen MR) is 96.2 cm³/mol. The van der Waals surface area contributed by atoms with Gasteiger partial charge in [0.2, 0.25) is 0 Å². The summed E-state index contributed by atoms with van der Waals surface area (Å²) in [5.41, 5.74) is -0.449. The van der Waals surface area contributed by atoms with Crippen molar-refractivity contribution in [1.82, 2.24) is 5.32 Å². The van der Waals surface area contributed by atoms with Crippen molar-refractivity contribution in [3.63, 3.8) is 0 Å². The molecule has 0 atom stereocenters. The van der Waals surface area contributed by atoms with Crippen LogP contribution in [0.5, 0.6) is 0 Å². The minimum Gasteiger partial charge on any atom is -0.481 e. The van der Waals surface area contributed by atoms with E-state index in [9.17, 15) is 22.4 Å². The van der Waals surface area contributed by atoms with E-state index in [-0.39, 0.29) is 12.0 Å². The summed E-state index contributed by atoms with van der Waals surface area (Å²) in [5, 5.41) is 12.4. The molecule has 0 aliphatic heterocycles. The topological polar surface area (TPSA) is 49.3 Å². The third-order valence-corrected chi connectivity index (χ3v) is 5.14. The fourth-order valence-corrected chi connectivity index (χ4v) is 3.77. The van der Waals surface area contributed by atoms with Crippen LogP contribution in [0, 0.1) is 5.82 Å². The van der Waals surface area contributed by atoms with Crippen LogP contribution in [0.2, 0.25) is 0 Å². The molecule has 0 saturated heterocycles. The van der Waals surface area contributed by atoms with Gasteiger partial charge in [-0.1, -0.05) is 18.2 Å². The first-order valence-electron chi connectivity index (χ1n) is 8.07. The first-order valence-corrected chi connectivity index (χ1v) is 8.88. The smallest absolute Gasteiger partial charge is 0.419 e. The van der Waals surface area contributed by atoms with E-state index in [1.807, 2.05) is 18.2 Å². The Morgan fingerprint density at radius 3 is 2.63 bits per heavy atom. The summed E-state index contributed by atoms with van der Waals surface area (Å²) in [5.74, 6) is -2.16. The Morgan fingerprint density at radius 2 is 1.93 bits per heavy atom. The Balaban J connectivity index is 1.86. The van der Waals surface area contributed by atoms with Crippen LogP contribution in [0.4, 0.5) is 17.6 Å². The van der Waals surface area contributed by atoms with E-state index < -0.39 is 23.5 Å². The van der Waals surface area contributed by atoms with Crippen LogP contribution in [0.3, 0.4) is 0 Å². The van der Waals surface area contributed by atoms with Gasteiger partial charge in [-0.2, -0.15) is 13.2 Å². The Labute approximate surface area is 156 Å². The van der Waals surface area contributed by atoms with Gasteiger partial charge in [-0.25, -0.2) is 4.39 Å². The zero-order valence-electron chi connectivity index (χ0n) is 13.9. The minimum absolute atomic E-state index is 0.0136. The van der Waals surface area contributed by atoms with E-state index in [1.165, 1.54) is 23.5 Å². The SMILES string of the molecule is O=C(O)CCNCc1ccc2sc(-c3cccc(C(F)(F)F)c3F)cc2c1. The number of hydrogen-bond donors (Lipinski definition) is 2. The van der Waals surface area contributed by atoms with Gasteiger partial charge in [-0.15, -0.1) is 11.3 Å². The van der Waals surface area contributed by atoms with Gasteiger partial charge in [0.1, 0.15) is 5.82 Å². The van der Waals surface area contributed by atoms with E-state index >= 15 is 0 Å². The number of carboxylic acid groups (broad SMARTS) is 1. The molecule has 0 aliphatic rings. The molecule has 0 aliphatic carbocycles. The van der Waals surface area contributed by atoms with Gasteiger partial charge < -0.3 is 10.4 Å². The molecule has 0 bridgehead atoms. The van der Waals surface area contributed by atoms with Crippen LogP contribution in [-0.2, 0) is 17.5 Å². The molecule has 0 amide bonds. The molecule has 2 N–H and O–H groups in total. The Bertz CT molecular complexity index is 981. The highest BCUT2D eigenvalue weighted by molar-refractivity contribution is 7.22. The number of hydrogen-bond acceptors (Lipinski definition) is 3. The molecule has 142 valence electrons. The number of benzene rings is 2. The van der Waals surface area contributed by atoms with Crippen molar-refractivity contribution in [2.75, 3.05) is 6.54 Å². The summed E-state index contributed by atoms with van der Waals surface area (Å²) < 4.78 is 53.9. The second kappa shape index (κ2) is 7.66. The van der Waals surface area contributed by atoms with Crippen molar-refractivity contribution in [2.45, 2.75) is 19.1 Å². The highest BCUT2D eigenvalue weighted by Crippen LogP contribution is 2.39. The largest absolute Gasteiger partial charge is 0.481 e. The van der Waals surface area contributed by atoms with Crippen LogP contribution in [0.25, 0.3) is 20.5 Å². The van der Waals surface area contributed by atoms with Gasteiger partial charge in [0.25, 0.3) is 0 Å². The number of alkyl halides is 3. The molecule has 27 heavy (non-hydrogen) atoms. The summed E-state index contributed by atoms with van der Waals surface area (Å²) in [6.45, 7) is 0.796. The number of nitrogens with one attached hydrogen (secondary N) is 1. The number of fused-ring (bicyclic) bond motifs is 1. The molecule has 0 saturated carbocycles. The highest BCUT2D eigenvalue weighted by Gasteiger charge is 2.35. The molecule has 2 aromatic carbocycles.